The molecule has 0 aromatic heterocycles. The zero-order valence-electron chi connectivity index (χ0n) is 21.3. The van der Waals surface area contributed by atoms with Gasteiger partial charge in [-0.15, -0.1) is 0 Å². The molecule has 1 N–H and O–H groups in total. The maximum absolute atomic E-state index is 17.4. The molecule has 0 radical (unpaired) electrons. The van der Waals surface area contributed by atoms with Gasteiger partial charge in [0.1, 0.15) is 6.17 Å². The molecule has 0 spiro atoms. The van der Waals surface area contributed by atoms with E-state index in [0.29, 0.717) is 24.5 Å². The number of ketones is 2. The normalized spacial score (nSPS) is 45.7. The van der Waals surface area contributed by atoms with Gasteiger partial charge in [0.15, 0.2) is 29.5 Å². The summed E-state index contributed by atoms with van der Waals surface area (Å²) in [5.74, 6) is -3.07. The van der Waals surface area contributed by atoms with Crippen LogP contribution in [0.5, 0.6) is 0 Å². The van der Waals surface area contributed by atoms with Crippen molar-refractivity contribution in [2.75, 3.05) is 13.2 Å². The van der Waals surface area contributed by atoms with Gasteiger partial charge < -0.3 is 5.11 Å². The fraction of sp³-hybridized carbons (Fsp3) is 0.586. The highest BCUT2D eigenvalue weighted by atomic mass is 35.5. The van der Waals surface area contributed by atoms with Crippen LogP contribution in [0.15, 0.2) is 48.1 Å². The molecular weight excluding hydrogens is 519 g/mol. The number of carbonyl (C=O) groups excluding carboxylic acids is 2. The lowest BCUT2D eigenvalue weighted by molar-refractivity contribution is -0.269. The number of Topliss-reactive ketones (excluding diaryl/α,β-unsaturated/α-hetero) is 1. The Morgan fingerprint density at radius 1 is 1.21 bits per heavy atom. The largest absolute Gasteiger partial charge is 0.390 e. The molecule has 4 aliphatic carbocycles. The van der Waals surface area contributed by atoms with E-state index >= 15 is 8.78 Å². The molecule has 9 atom stereocenters. The number of allylic oxidation sites excluding steroid dienone is 4. The molecule has 9 heteroatoms. The second-order valence-corrected chi connectivity index (χ2v) is 12.6. The van der Waals surface area contributed by atoms with Crippen LogP contribution in [-0.4, -0.2) is 58.5 Å². The second kappa shape index (κ2) is 8.50. The summed E-state index contributed by atoms with van der Waals surface area (Å²) >= 11 is 6.00. The molecule has 0 unspecified atom stereocenters. The molecule has 204 valence electrons. The van der Waals surface area contributed by atoms with Crippen LogP contribution in [0.3, 0.4) is 0 Å². The fourth-order valence-corrected chi connectivity index (χ4v) is 8.93. The highest BCUT2D eigenvalue weighted by molar-refractivity contribution is 6.30. The van der Waals surface area contributed by atoms with E-state index in [1.165, 1.54) is 19.1 Å². The Labute approximate surface area is 224 Å². The lowest BCUT2D eigenvalue weighted by atomic mass is 9.44. The van der Waals surface area contributed by atoms with Crippen molar-refractivity contribution in [2.24, 2.45) is 28.6 Å². The molecule has 6 rings (SSSR count). The number of hydrogen-bond donors (Lipinski definition) is 1. The molecule has 4 fully saturated rings. The topological polar surface area (TPSA) is 66.8 Å². The maximum atomic E-state index is 17.4. The highest BCUT2D eigenvalue weighted by Crippen LogP contribution is 2.72. The van der Waals surface area contributed by atoms with E-state index in [1.807, 2.05) is 12.1 Å². The van der Waals surface area contributed by atoms with Gasteiger partial charge in [-0.2, -0.15) is 5.06 Å². The van der Waals surface area contributed by atoms with Crippen LogP contribution in [0.2, 0.25) is 5.02 Å². The van der Waals surface area contributed by atoms with Gasteiger partial charge in [0.25, 0.3) is 0 Å². The van der Waals surface area contributed by atoms with Crippen LogP contribution in [0, 0.1) is 28.6 Å². The molecule has 5 nitrogen and oxygen atoms in total. The summed E-state index contributed by atoms with van der Waals surface area (Å²) < 4.78 is 47.2. The van der Waals surface area contributed by atoms with Crippen LogP contribution in [0.1, 0.15) is 38.7 Å². The number of hydrogen-bond acceptors (Lipinski definition) is 5. The molecule has 3 saturated carbocycles. The van der Waals surface area contributed by atoms with Crippen LogP contribution < -0.4 is 0 Å². The van der Waals surface area contributed by atoms with Gasteiger partial charge in [-0.1, -0.05) is 36.7 Å². The number of benzene rings is 1. The van der Waals surface area contributed by atoms with E-state index in [4.69, 9.17) is 16.4 Å². The minimum atomic E-state index is -2.26. The number of fused-ring (bicyclic) bond motifs is 7. The third-order valence-corrected chi connectivity index (χ3v) is 10.7. The molecule has 0 amide bonds. The monoisotopic (exact) mass is 549 g/mol. The Hall–Kier alpha value is -2.00. The molecule has 1 aliphatic heterocycles. The third-order valence-electron chi connectivity index (χ3n) is 10.5. The van der Waals surface area contributed by atoms with E-state index in [2.05, 4.69) is 0 Å². The Morgan fingerprint density at radius 2 is 1.92 bits per heavy atom. The van der Waals surface area contributed by atoms with Crippen molar-refractivity contribution in [3.63, 3.8) is 0 Å². The van der Waals surface area contributed by atoms with Gasteiger partial charge in [0.2, 0.25) is 0 Å². The van der Waals surface area contributed by atoms with E-state index in [-0.39, 0.29) is 18.4 Å². The molecule has 1 aromatic rings. The molecule has 1 aromatic carbocycles. The van der Waals surface area contributed by atoms with Crippen LogP contribution in [-0.2, 0) is 21.0 Å². The maximum Gasteiger partial charge on any atom is 0.198 e. The minimum Gasteiger partial charge on any atom is -0.390 e. The lowest BCUT2D eigenvalue weighted by Crippen LogP contribution is -2.70. The summed E-state index contributed by atoms with van der Waals surface area (Å²) in [4.78, 5) is 31.8. The second-order valence-electron chi connectivity index (χ2n) is 12.1. The van der Waals surface area contributed by atoms with Gasteiger partial charge in [-0.05, 0) is 67.5 Å². The van der Waals surface area contributed by atoms with Crippen molar-refractivity contribution in [1.82, 2.24) is 5.06 Å². The molecule has 1 heterocycles. The first-order chi connectivity index (χ1) is 17.9. The Bertz CT molecular complexity index is 1250. The first-order valence-electron chi connectivity index (χ1n) is 13.1. The quantitative estimate of drug-likeness (QED) is 0.578. The number of aliphatic hydroxyl groups excluding tert-OH is 1. The summed E-state index contributed by atoms with van der Waals surface area (Å²) in [5.41, 5.74) is -5.55. The van der Waals surface area contributed by atoms with Gasteiger partial charge in [-0.3, -0.25) is 14.4 Å². The smallest absolute Gasteiger partial charge is 0.198 e. The fourth-order valence-electron chi connectivity index (χ4n) is 8.81. The third kappa shape index (κ3) is 3.17. The van der Waals surface area contributed by atoms with E-state index in [1.54, 1.807) is 24.1 Å². The summed E-state index contributed by atoms with van der Waals surface area (Å²) in [6, 6.07) is 7.18. The number of aliphatic hydroxyl groups is 1. The van der Waals surface area contributed by atoms with Crippen molar-refractivity contribution in [2.45, 2.75) is 63.2 Å². The summed E-state index contributed by atoms with van der Waals surface area (Å²) in [6.07, 6.45) is 0.580. The average molecular weight is 550 g/mol. The van der Waals surface area contributed by atoms with Crippen molar-refractivity contribution in [3.8, 4) is 0 Å². The number of halogens is 4. The van der Waals surface area contributed by atoms with E-state index in [9.17, 15) is 19.1 Å². The molecule has 0 bridgehead atoms. The predicted octanol–water partition coefficient (Wildman–Crippen LogP) is 4.91. The van der Waals surface area contributed by atoms with Crippen molar-refractivity contribution >= 4 is 23.2 Å². The van der Waals surface area contributed by atoms with Crippen LogP contribution in [0.25, 0.3) is 0 Å². The van der Waals surface area contributed by atoms with Gasteiger partial charge >= 0.3 is 0 Å². The standard InChI is InChI=1S/C29H31ClF3NO4/c1-26-8-7-19(35)10-22(26)23(32)11-21-20-9-17-15-34(14-16-3-5-18(30)6-4-16)38-29(17,25(37)13-31)27(20,2)12-24(36)28(21,26)33/h3-8,10,17,20-21,23-24,36H,9,11-15H2,1-2H3/t17-,20-,21-,23-,24-,26-,27-,28-,29-/m0/s1. The lowest BCUT2D eigenvalue weighted by Gasteiger charge is -2.63. The predicted molar refractivity (Wildman–Crippen MR) is 134 cm³/mol. The summed E-state index contributed by atoms with van der Waals surface area (Å²) in [5, 5.41) is 13.7. The molecule has 5 aliphatic rings. The van der Waals surface area contributed by atoms with Crippen LogP contribution in [0.4, 0.5) is 13.2 Å². The van der Waals surface area contributed by atoms with Crippen molar-refractivity contribution in [3.05, 3.63) is 58.7 Å². The molecule has 1 saturated heterocycles. The Balaban J connectivity index is 1.39. The van der Waals surface area contributed by atoms with Gasteiger partial charge in [-0.25, -0.2) is 13.2 Å². The molecular formula is C29H31ClF3NO4. The number of hydroxylamine groups is 2. The zero-order valence-corrected chi connectivity index (χ0v) is 22.1. The van der Waals surface area contributed by atoms with Gasteiger partial charge in [0.05, 0.1) is 6.10 Å². The minimum absolute atomic E-state index is 0.0459. The number of carbonyl (C=O) groups is 2. The zero-order chi connectivity index (χ0) is 27.3. The Morgan fingerprint density at radius 3 is 2.61 bits per heavy atom. The first-order valence-corrected chi connectivity index (χ1v) is 13.5. The average Bonchev–Trinajstić information content (AvgIpc) is 3.35. The van der Waals surface area contributed by atoms with Gasteiger partial charge in [0, 0.05) is 40.8 Å². The molecule has 38 heavy (non-hydrogen) atoms. The number of alkyl halides is 3. The highest BCUT2D eigenvalue weighted by Gasteiger charge is 2.79. The van der Waals surface area contributed by atoms with Crippen LogP contribution >= 0.6 is 11.6 Å². The summed E-state index contributed by atoms with van der Waals surface area (Å²) in [7, 11) is 0. The number of nitrogens with zero attached hydrogens (tertiary/aromatic N) is 1. The first kappa shape index (κ1) is 26.2. The van der Waals surface area contributed by atoms with E-state index < -0.39 is 70.4 Å². The summed E-state index contributed by atoms with van der Waals surface area (Å²) in [6.45, 7) is 2.71. The van der Waals surface area contributed by atoms with E-state index in [0.717, 1.165) is 11.6 Å². The SMILES string of the molecule is C[C@]12C=CC(=O)C=C1[C@@H](F)C[C@H]1[C@@H]3C[C@H]4CN(Cc5ccc(Cl)cc5)O[C@@]4(C(=O)CF)[C@@]3(C)C[C@H](O)[C@@]12F. The van der Waals surface area contributed by atoms with Crippen molar-refractivity contribution < 1.29 is 32.7 Å². The Kier molecular flexibility index (Phi) is 5.87. The number of rotatable bonds is 4. The van der Waals surface area contributed by atoms with Crippen molar-refractivity contribution in [1.29, 1.82) is 0 Å².